The molecule has 1 aliphatic rings. The van der Waals surface area contributed by atoms with Gasteiger partial charge in [0.1, 0.15) is 18.9 Å². The zero-order valence-corrected chi connectivity index (χ0v) is 21.5. The number of nitrogens with one attached hydrogen (secondary N) is 1. The van der Waals surface area contributed by atoms with Crippen LogP contribution in [0.25, 0.3) is 0 Å². The van der Waals surface area contributed by atoms with E-state index in [0.717, 1.165) is 23.4 Å². The highest BCUT2D eigenvalue weighted by Crippen LogP contribution is 2.29. The van der Waals surface area contributed by atoms with Crippen LogP contribution in [0.5, 0.6) is 5.75 Å². The van der Waals surface area contributed by atoms with Gasteiger partial charge < -0.3 is 10.1 Å². The highest BCUT2D eigenvalue weighted by molar-refractivity contribution is 7.92. The summed E-state index contributed by atoms with van der Waals surface area (Å²) in [5, 5.41) is 13.7. The largest absolute Gasteiger partial charge is 0.492 e. The number of rotatable bonds is 11. The van der Waals surface area contributed by atoms with E-state index < -0.39 is 37.4 Å². The van der Waals surface area contributed by atoms with Gasteiger partial charge in [0.25, 0.3) is 5.69 Å². The molecule has 1 N–H and O–H groups in total. The molecule has 0 aliphatic carbocycles. The minimum Gasteiger partial charge on any atom is -0.492 e. The van der Waals surface area contributed by atoms with Gasteiger partial charge in [-0.05, 0) is 50.1 Å². The van der Waals surface area contributed by atoms with Gasteiger partial charge in [-0.2, -0.15) is 4.31 Å². The molecule has 0 saturated carbocycles. The Kier molecular flexibility index (Phi) is 8.53. The van der Waals surface area contributed by atoms with E-state index in [0.29, 0.717) is 18.8 Å². The molecule has 1 saturated heterocycles. The number of nitro benzene ring substituents is 1. The van der Waals surface area contributed by atoms with E-state index >= 15 is 0 Å². The van der Waals surface area contributed by atoms with E-state index in [4.69, 9.17) is 4.74 Å². The Bertz CT molecular complexity index is 1320. The molecule has 0 spiro atoms. The van der Waals surface area contributed by atoms with Crippen molar-refractivity contribution in [1.82, 2.24) is 9.62 Å². The molecule has 1 fully saturated rings. The molecule has 0 bridgehead atoms. The number of ether oxygens (including phenoxy) is 1. The lowest BCUT2D eigenvalue weighted by Crippen LogP contribution is -2.41. The van der Waals surface area contributed by atoms with Gasteiger partial charge in [-0.15, -0.1) is 0 Å². The maximum atomic E-state index is 12.6. The van der Waals surface area contributed by atoms with E-state index in [9.17, 15) is 31.7 Å². The van der Waals surface area contributed by atoms with Crippen LogP contribution >= 0.6 is 0 Å². The number of anilines is 1. The number of sulfonamides is 2. The lowest BCUT2D eigenvalue weighted by Gasteiger charge is -2.23. The van der Waals surface area contributed by atoms with Crippen LogP contribution < -0.4 is 14.4 Å². The van der Waals surface area contributed by atoms with E-state index in [2.05, 4.69) is 5.32 Å². The molecule has 12 nitrogen and oxygen atoms in total. The van der Waals surface area contributed by atoms with Crippen LogP contribution in [0.1, 0.15) is 18.4 Å². The first-order chi connectivity index (χ1) is 16.9. The Balaban J connectivity index is 1.55. The minimum absolute atomic E-state index is 0.0436. The number of hydrogen-bond acceptors (Lipinski definition) is 8. The number of amides is 1. The molecule has 1 heterocycles. The summed E-state index contributed by atoms with van der Waals surface area (Å²) < 4.78 is 57.6. The molecular weight excluding hydrogens is 512 g/mol. The predicted octanol–water partition coefficient (Wildman–Crippen LogP) is 1.65. The summed E-state index contributed by atoms with van der Waals surface area (Å²) in [4.78, 5) is 23.2. The Morgan fingerprint density at radius 1 is 1.11 bits per heavy atom. The summed E-state index contributed by atoms with van der Waals surface area (Å²) in [6.45, 7) is 1.98. The van der Waals surface area contributed by atoms with E-state index in [1.807, 2.05) is 0 Å². The number of nitro groups is 1. The van der Waals surface area contributed by atoms with Crippen molar-refractivity contribution in [2.24, 2.45) is 0 Å². The van der Waals surface area contributed by atoms with E-state index in [1.165, 1.54) is 53.7 Å². The van der Waals surface area contributed by atoms with Gasteiger partial charge in [0.05, 0.1) is 33.9 Å². The predicted molar refractivity (Wildman–Crippen MR) is 133 cm³/mol. The molecule has 14 heteroatoms. The van der Waals surface area contributed by atoms with Gasteiger partial charge >= 0.3 is 0 Å². The molecule has 36 heavy (non-hydrogen) atoms. The van der Waals surface area contributed by atoms with Crippen LogP contribution in [-0.4, -0.2) is 71.0 Å². The van der Waals surface area contributed by atoms with E-state index in [1.54, 1.807) is 0 Å². The number of carbonyl (C=O) groups is 1. The monoisotopic (exact) mass is 540 g/mol. The second-order valence-corrected chi connectivity index (χ2v) is 12.1. The zero-order chi connectivity index (χ0) is 26.5. The standard InChI is InChI=1S/C22H28N4O8S2/c1-17-20(6-5-7-21(17)26(28)29)25(35(2,30)31)16-22(27)23-12-15-34-18-8-10-19(11-9-18)36(32,33)24-13-3-4-14-24/h5-11H,3-4,12-16H2,1-2H3,(H,23,27). The molecule has 0 atom stereocenters. The average molecular weight is 541 g/mol. The van der Waals surface area contributed by atoms with Crippen LogP contribution in [0.4, 0.5) is 11.4 Å². The fourth-order valence-corrected chi connectivity index (χ4v) is 6.22. The van der Waals surface area contributed by atoms with E-state index in [-0.39, 0.29) is 35.0 Å². The summed E-state index contributed by atoms with van der Waals surface area (Å²) in [6.07, 6.45) is 2.60. The fraction of sp³-hybridized carbons (Fsp3) is 0.409. The van der Waals surface area contributed by atoms with Gasteiger partial charge in [-0.1, -0.05) is 6.07 Å². The lowest BCUT2D eigenvalue weighted by molar-refractivity contribution is -0.385. The molecular formula is C22H28N4O8S2. The molecule has 2 aromatic carbocycles. The van der Waals surface area contributed by atoms with Crippen molar-refractivity contribution in [2.75, 3.05) is 43.3 Å². The molecule has 1 amide bonds. The Hall–Kier alpha value is -3.23. The highest BCUT2D eigenvalue weighted by atomic mass is 32.2. The lowest BCUT2D eigenvalue weighted by atomic mass is 10.1. The third kappa shape index (κ3) is 6.50. The number of nitrogens with zero attached hydrogens (tertiary/aromatic N) is 3. The summed E-state index contributed by atoms with van der Waals surface area (Å²) in [5.41, 5.74) is -0.0875. The van der Waals surface area contributed by atoms with Gasteiger partial charge in [0.2, 0.25) is 26.0 Å². The molecule has 0 radical (unpaired) electrons. The van der Waals surface area contributed by atoms with Crippen molar-refractivity contribution in [3.63, 3.8) is 0 Å². The van der Waals surface area contributed by atoms with Crippen LogP contribution in [0, 0.1) is 17.0 Å². The van der Waals surface area contributed by atoms with Crippen molar-refractivity contribution in [3.8, 4) is 5.75 Å². The van der Waals surface area contributed by atoms with Crippen molar-refractivity contribution < 1.29 is 31.3 Å². The van der Waals surface area contributed by atoms with Crippen LogP contribution in [0.2, 0.25) is 0 Å². The normalized spacial score (nSPS) is 14.4. The minimum atomic E-state index is -3.91. The topological polar surface area (TPSA) is 156 Å². The van der Waals surface area contributed by atoms with Gasteiger partial charge in [-0.3, -0.25) is 19.2 Å². The highest BCUT2D eigenvalue weighted by Gasteiger charge is 2.27. The Morgan fingerprint density at radius 3 is 2.33 bits per heavy atom. The second kappa shape index (κ2) is 11.2. The second-order valence-electron chi connectivity index (χ2n) is 8.23. The van der Waals surface area contributed by atoms with Crippen molar-refractivity contribution in [3.05, 3.63) is 58.1 Å². The van der Waals surface area contributed by atoms with Crippen LogP contribution in [-0.2, 0) is 24.8 Å². The summed E-state index contributed by atoms with van der Waals surface area (Å²) >= 11 is 0. The summed E-state index contributed by atoms with van der Waals surface area (Å²) in [5.74, 6) is -0.211. The Labute approximate surface area is 210 Å². The molecule has 196 valence electrons. The van der Waals surface area contributed by atoms with Gasteiger partial charge in [0.15, 0.2) is 0 Å². The third-order valence-corrected chi connectivity index (χ3v) is 8.69. The van der Waals surface area contributed by atoms with Crippen LogP contribution in [0.15, 0.2) is 47.4 Å². The number of hydrogen-bond donors (Lipinski definition) is 1. The number of carbonyl (C=O) groups excluding carboxylic acids is 1. The molecule has 0 unspecified atom stereocenters. The molecule has 1 aliphatic heterocycles. The first kappa shape index (κ1) is 27.4. The molecule has 2 aromatic rings. The van der Waals surface area contributed by atoms with Gasteiger partial charge in [0, 0.05) is 19.2 Å². The molecule has 3 rings (SSSR count). The maximum Gasteiger partial charge on any atom is 0.274 e. The third-order valence-electron chi connectivity index (χ3n) is 5.65. The first-order valence-corrected chi connectivity index (χ1v) is 14.4. The zero-order valence-electron chi connectivity index (χ0n) is 19.9. The smallest absolute Gasteiger partial charge is 0.274 e. The first-order valence-electron chi connectivity index (χ1n) is 11.1. The van der Waals surface area contributed by atoms with Crippen molar-refractivity contribution >= 4 is 37.3 Å². The Morgan fingerprint density at radius 2 is 1.75 bits per heavy atom. The summed E-state index contributed by atoms with van der Waals surface area (Å²) in [7, 11) is -7.43. The number of benzene rings is 2. The van der Waals surface area contributed by atoms with Crippen molar-refractivity contribution in [2.45, 2.75) is 24.7 Å². The quantitative estimate of drug-likeness (QED) is 0.256. The SMILES string of the molecule is Cc1c(N(CC(=O)NCCOc2ccc(S(=O)(=O)N3CCCC3)cc2)S(C)(=O)=O)cccc1[N+](=O)[O-]. The average Bonchev–Trinajstić information content (AvgIpc) is 3.36. The summed E-state index contributed by atoms with van der Waals surface area (Å²) in [6, 6.07) is 9.99. The fourth-order valence-electron chi connectivity index (χ4n) is 3.79. The van der Waals surface area contributed by atoms with Gasteiger partial charge in [-0.25, -0.2) is 16.8 Å². The van der Waals surface area contributed by atoms with Crippen molar-refractivity contribution in [1.29, 1.82) is 0 Å². The molecule has 0 aromatic heterocycles. The maximum absolute atomic E-state index is 12.6. The van der Waals surface area contributed by atoms with Crippen LogP contribution in [0.3, 0.4) is 0 Å².